The van der Waals surface area contributed by atoms with Gasteiger partial charge in [-0.25, -0.2) is 0 Å². The molecular formula is C15H16ClNOS. The van der Waals surface area contributed by atoms with Crippen molar-refractivity contribution >= 4 is 22.4 Å². The Morgan fingerprint density at radius 3 is 2.58 bits per heavy atom. The van der Waals surface area contributed by atoms with Crippen LogP contribution in [0.25, 0.3) is 11.3 Å². The van der Waals surface area contributed by atoms with E-state index in [1.54, 1.807) is 18.4 Å². The van der Waals surface area contributed by atoms with Crippen LogP contribution in [0.2, 0.25) is 5.02 Å². The highest BCUT2D eigenvalue weighted by atomic mass is 35.5. The van der Waals surface area contributed by atoms with Crippen molar-refractivity contribution < 1.29 is 4.21 Å². The fourth-order valence-electron chi connectivity index (χ4n) is 1.80. The average molecular weight is 294 g/mol. The molecule has 0 amide bonds. The van der Waals surface area contributed by atoms with E-state index in [0.717, 1.165) is 21.8 Å². The smallest absolute Gasteiger partial charge is 0.0720 e. The number of hydrogen-bond donors (Lipinski definition) is 0. The fraction of sp³-hybridized carbons (Fsp3) is 0.267. The number of halogens is 1. The second-order valence-corrected chi connectivity index (χ2v) is 6.49. The third-order valence-corrected chi connectivity index (χ3v) is 4.16. The minimum atomic E-state index is -1.02. The van der Waals surface area contributed by atoms with Crippen molar-refractivity contribution in [1.82, 2.24) is 4.98 Å². The second kappa shape index (κ2) is 5.85. The molecule has 2 aromatic rings. The molecule has 100 valence electrons. The molecule has 0 spiro atoms. The molecule has 2 rings (SSSR count). The van der Waals surface area contributed by atoms with Crippen LogP contribution in [0.4, 0.5) is 0 Å². The lowest BCUT2D eigenvalue weighted by atomic mass is 10.1. The first kappa shape index (κ1) is 14.2. The van der Waals surface area contributed by atoms with Crippen LogP contribution in [0.1, 0.15) is 25.5 Å². The van der Waals surface area contributed by atoms with Gasteiger partial charge >= 0.3 is 0 Å². The molecule has 0 N–H and O–H groups in total. The normalized spacial score (nSPS) is 12.7. The maximum atomic E-state index is 11.6. The van der Waals surface area contributed by atoms with E-state index in [0.29, 0.717) is 10.9 Å². The zero-order valence-corrected chi connectivity index (χ0v) is 12.8. The van der Waals surface area contributed by atoms with Gasteiger partial charge in [0.1, 0.15) is 0 Å². The molecule has 1 atom stereocenters. The van der Waals surface area contributed by atoms with Crippen molar-refractivity contribution in [3.8, 4) is 11.3 Å². The maximum absolute atomic E-state index is 11.6. The first-order valence-corrected chi connectivity index (χ1v) is 8.03. The zero-order valence-electron chi connectivity index (χ0n) is 11.2. The third kappa shape index (κ3) is 3.23. The van der Waals surface area contributed by atoms with Crippen LogP contribution in [-0.2, 0) is 10.8 Å². The predicted octanol–water partition coefficient (Wildman–Crippen LogP) is 4.26. The van der Waals surface area contributed by atoms with Gasteiger partial charge in [0.05, 0.1) is 10.7 Å². The Kier molecular flexibility index (Phi) is 4.38. The van der Waals surface area contributed by atoms with Crippen molar-refractivity contribution in [2.45, 2.75) is 24.7 Å². The molecule has 19 heavy (non-hydrogen) atoms. The summed E-state index contributed by atoms with van der Waals surface area (Å²) in [6.07, 6.45) is 1.66. The van der Waals surface area contributed by atoms with Crippen LogP contribution >= 0.6 is 11.6 Å². The lowest BCUT2D eigenvalue weighted by Gasteiger charge is -2.09. The van der Waals surface area contributed by atoms with E-state index >= 15 is 0 Å². The number of aromatic nitrogens is 1. The Balaban J connectivity index is 2.54. The van der Waals surface area contributed by atoms with Crippen LogP contribution in [0.5, 0.6) is 0 Å². The minimum Gasteiger partial charge on any atom is -0.255 e. The number of nitrogens with zero attached hydrogens (tertiary/aromatic N) is 1. The van der Waals surface area contributed by atoms with Crippen molar-refractivity contribution in [2.75, 3.05) is 6.26 Å². The monoisotopic (exact) mass is 293 g/mol. The SMILES string of the molecule is CC(C)c1cccc(-c2cc(S(C)=O)ccc2Cl)n1. The Morgan fingerprint density at radius 1 is 1.21 bits per heavy atom. The van der Waals surface area contributed by atoms with Crippen molar-refractivity contribution in [3.63, 3.8) is 0 Å². The zero-order chi connectivity index (χ0) is 14.0. The molecule has 0 radical (unpaired) electrons. The number of pyridine rings is 1. The summed E-state index contributed by atoms with van der Waals surface area (Å²) in [6, 6.07) is 11.3. The lowest BCUT2D eigenvalue weighted by molar-refractivity contribution is 0.687. The van der Waals surface area contributed by atoms with Gasteiger partial charge < -0.3 is 0 Å². The summed E-state index contributed by atoms with van der Waals surface area (Å²) in [5, 5.41) is 0.627. The summed E-state index contributed by atoms with van der Waals surface area (Å²) >= 11 is 6.23. The van der Waals surface area contributed by atoms with Gasteiger partial charge in [-0.2, -0.15) is 0 Å². The highest BCUT2D eigenvalue weighted by molar-refractivity contribution is 7.84. The second-order valence-electron chi connectivity index (χ2n) is 4.70. The number of benzene rings is 1. The Bertz CT molecular complexity index is 625. The molecule has 2 nitrogen and oxygen atoms in total. The molecule has 0 fully saturated rings. The van der Waals surface area contributed by atoms with Crippen LogP contribution in [0, 0.1) is 0 Å². The molecule has 1 unspecified atom stereocenters. The average Bonchev–Trinajstić information content (AvgIpc) is 2.39. The van der Waals surface area contributed by atoms with Gasteiger partial charge in [0, 0.05) is 33.2 Å². The Labute approximate surface area is 121 Å². The number of rotatable bonds is 3. The molecule has 0 aliphatic heterocycles. The highest BCUT2D eigenvalue weighted by Crippen LogP contribution is 2.29. The molecule has 0 saturated heterocycles. The molecule has 0 aliphatic carbocycles. The largest absolute Gasteiger partial charge is 0.255 e. The van der Waals surface area contributed by atoms with Gasteiger partial charge in [-0.1, -0.05) is 31.5 Å². The maximum Gasteiger partial charge on any atom is 0.0720 e. The third-order valence-electron chi connectivity index (χ3n) is 2.91. The molecule has 0 aliphatic rings. The lowest BCUT2D eigenvalue weighted by Crippen LogP contribution is -1.95. The van der Waals surface area contributed by atoms with Crippen molar-refractivity contribution in [2.24, 2.45) is 0 Å². The van der Waals surface area contributed by atoms with Crippen LogP contribution < -0.4 is 0 Å². The fourth-order valence-corrected chi connectivity index (χ4v) is 2.56. The van der Waals surface area contributed by atoms with E-state index in [9.17, 15) is 4.21 Å². The molecule has 1 heterocycles. The van der Waals surface area contributed by atoms with Crippen LogP contribution in [0.15, 0.2) is 41.3 Å². The summed E-state index contributed by atoms with van der Waals surface area (Å²) in [7, 11) is -1.02. The summed E-state index contributed by atoms with van der Waals surface area (Å²) < 4.78 is 11.6. The quantitative estimate of drug-likeness (QED) is 0.846. The van der Waals surface area contributed by atoms with Gasteiger partial charge in [-0.3, -0.25) is 9.19 Å². The highest BCUT2D eigenvalue weighted by Gasteiger charge is 2.09. The molecule has 0 bridgehead atoms. The van der Waals surface area contributed by atoms with Gasteiger partial charge in [-0.05, 0) is 36.2 Å². The van der Waals surface area contributed by atoms with Crippen molar-refractivity contribution in [1.29, 1.82) is 0 Å². The summed E-state index contributed by atoms with van der Waals surface area (Å²) in [4.78, 5) is 5.38. The van der Waals surface area contributed by atoms with Gasteiger partial charge in [0.25, 0.3) is 0 Å². The van der Waals surface area contributed by atoms with E-state index in [4.69, 9.17) is 11.6 Å². The molecular weight excluding hydrogens is 278 g/mol. The van der Waals surface area contributed by atoms with E-state index in [-0.39, 0.29) is 0 Å². The molecule has 0 saturated carbocycles. The predicted molar refractivity (Wildman–Crippen MR) is 81.1 cm³/mol. The molecule has 1 aromatic carbocycles. The number of hydrogen-bond acceptors (Lipinski definition) is 2. The van der Waals surface area contributed by atoms with E-state index < -0.39 is 10.8 Å². The van der Waals surface area contributed by atoms with Gasteiger partial charge in [0.2, 0.25) is 0 Å². The summed E-state index contributed by atoms with van der Waals surface area (Å²) in [6.45, 7) is 4.20. The molecule has 1 aromatic heterocycles. The van der Waals surface area contributed by atoms with E-state index in [1.807, 2.05) is 24.3 Å². The minimum absolute atomic E-state index is 0.363. The van der Waals surface area contributed by atoms with Crippen molar-refractivity contribution in [3.05, 3.63) is 47.1 Å². The summed E-state index contributed by atoms with van der Waals surface area (Å²) in [5.74, 6) is 0.363. The topological polar surface area (TPSA) is 30.0 Å². The Morgan fingerprint density at radius 2 is 1.95 bits per heavy atom. The first-order valence-electron chi connectivity index (χ1n) is 6.09. The standard InChI is InChI=1S/C15H16ClNOS/c1-10(2)14-5-4-6-15(17-14)12-9-11(19(3)18)7-8-13(12)16/h4-10H,1-3H3. The van der Waals surface area contributed by atoms with Gasteiger partial charge in [-0.15, -0.1) is 0 Å². The van der Waals surface area contributed by atoms with Crippen LogP contribution in [-0.4, -0.2) is 15.4 Å². The summed E-state index contributed by atoms with van der Waals surface area (Å²) in [5.41, 5.74) is 2.68. The molecule has 4 heteroatoms. The van der Waals surface area contributed by atoms with Crippen LogP contribution in [0.3, 0.4) is 0 Å². The van der Waals surface area contributed by atoms with E-state index in [2.05, 4.69) is 18.8 Å². The first-order chi connectivity index (χ1) is 8.99. The Hall–Kier alpha value is -1.19. The van der Waals surface area contributed by atoms with Gasteiger partial charge in [0.15, 0.2) is 0 Å². The van der Waals surface area contributed by atoms with E-state index in [1.165, 1.54) is 0 Å².